The molecule has 5 heteroatoms. The van der Waals surface area contributed by atoms with E-state index in [1.165, 1.54) is 165 Å². The maximum atomic E-state index is 2.48. The van der Waals surface area contributed by atoms with Gasteiger partial charge in [0.2, 0.25) is 0 Å². The number of rotatable bonds is 10. The molecule has 0 spiro atoms. The summed E-state index contributed by atoms with van der Waals surface area (Å²) in [5.74, 6) is 0. The van der Waals surface area contributed by atoms with Gasteiger partial charge in [0, 0.05) is 82.3 Å². The molecular formula is C96H61N5. The van der Waals surface area contributed by atoms with Gasteiger partial charge in [0.1, 0.15) is 0 Å². The summed E-state index contributed by atoms with van der Waals surface area (Å²) in [6.45, 7) is 0. The first kappa shape index (κ1) is 56.7. The topological polar surface area (TPSA) is 24.6 Å². The van der Waals surface area contributed by atoms with Crippen molar-refractivity contribution in [2.24, 2.45) is 0 Å². The molecule has 5 nitrogen and oxygen atoms in total. The smallest absolute Gasteiger partial charge is 0.0548 e. The first-order chi connectivity index (χ1) is 50.1. The predicted octanol–water partition coefficient (Wildman–Crippen LogP) is 25.5. The van der Waals surface area contributed by atoms with E-state index in [9.17, 15) is 0 Å². The van der Waals surface area contributed by atoms with Crippen LogP contribution in [0.1, 0.15) is 0 Å². The number of fused-ring (bicyclic) bond motifs is 17. The van der Waals surface area contributed by atoms with Crippen molar-refractivity contribution >= 4 is 109 Å². The first-order valence-corrected chi connectivity index (χ1v) is 34.8. The molecule has 0 radical (unpaired) electrons. The summed E-state index contributed by atoms with van der Waals surface area (Å²) in [5.41, 5.74) is 29.4. The SMILES string of the molecule is c1ccc(-c2ccc(-n3c4ccccc4c4c5c6ccccc6n(-c6cccc(-c7ccc(-c8cccc(-c9ccc(-n%10c%11ccccc%11c%11cc(-n%12c%13ccccc%13c%13c%14c%15ccccc%15n(-c%15ccc(-c%16ccccc%16)cc%15)c%14ccc%13%12)ccc%11%10)cc9)c8)cc7)c6)c5ccc43)cc2)cc1. The van der Waals surface area contributed by atoms with E-state index < -0.39 is 0 Å². The summed E-state index contributed by atoms with van der Waals surface area (Å²) in [4.78, 5) is 0. The molecule has 101 heavy (non-hydrogen) atoms. The van der Waals surface area contributed by atoms with Gasteiger partial charge in [-0.25, -0.2) is 0 Å². The molecule has 0 amide bonds. The predicted molar refractivity (Wildman–Crippen MR) is 425 cm³/mol. The van der Waals surface area contributed by atoms with E-state index in [0.29, 0.717) is 0 Å². The normalized spacial score (nSPS) is 12.0. The standard InChI is InChI=1S/C96H61N5/c1-3-19-62(20-4-1)64-41-47-73(48-42-64)98-84-33-13-8-28-78(84)93-89(98)55-57-91-95(93)80-30-10-15-35-86(80)100(91)75-26-18-25-71(60-75)67-39-37-66(38-40-67)69-23-17-24-70(59-69)68-45-51-72(52-46-68)97-83-32-12-7-27-77(83)82-61-76(53-54-88(82)97)101-87-36-16-11-31-81(87)96-92(101)58-56-90-94(96)79-29-9-14-34-85(79)99(90)74-49-43-65(44-50-74)63-21-5-2-6-22-63/h1-61H. The maximum Gasteiger partial charge on any atom is 0.0548 e. The number of para-hydroxylation sites is 5. The van der Waals surface area contributed by atoms with Crippen molar-refractivity contribution in [1.29, 1.82) is 0 Å². The molecule has 0 N–H and O–H groups in total. The fourth-order valence-electron chi connectivity index (χ4n) is 16.8. The zero-order valence-corrected chi connectivity index (χ0v) is 55.0. The van der Waals surface area contributed by atoms with E-state index in [1.54, 1.807) is 0 Å². The van der Waals surface area contributed by atoms with E-state index in [2.05, 4.69) is 393 Å². The largest absolute Gasteiger partial charge is 0.309 e. The van der Waals surface area contributed by atoms with Crippen LogP contribution in [0.15, 0.2) is 370 Å². The second-order valence-electron chi connectivity index (χ2n) is 26.8. The number of hydrogen-bond acceptors (Lipinski definition) is 0. The fraction of sp³-hybridized carbons (Fsp3) is 0. The Labute approximate surface area is 582 Å². The van der Waals surface area contributed by atoms with Gasteiger partial charge in [-0.1, -0.05) is 243 Å². The van der Waals surface area contributed by atoms with Crippen LogP contribution in [0.4, 0.5) is 0 Å². The van der Waals surface area contributed by atoms with E-state index in [4.69, 9.17) is 0 Å². The maximum absolute atomic E-state index is 2.48. The lowest BCUT2D eigenvalue weighted by Crippen LogP contribution is -1.96. The molecule has 16 aromatic carbocycles. The van der Waals surface area contributed by atoms with Gasteiger partial charge in [0.05, 0.1) is 55.2 Å². The molecule has 21 aromatic rings. The van der Waals surface area contributed by atoms with Gasteiger partial charge in [-0.2, -0.15) is 0 Å². The molecule has 5 aromatic heterocycles. The Hall–Kier alpha value is -13.5. The highest BCUT2D eigenvalue weighted by Crippen LogP contribution is 2.46. The minimum absolute atomic E-state index is 1.12. The van der Waals surface area contributed by atoms with Crippen molar-refractivity contribution < 1.29 is 0 Å². The molecule has 0 bridgehead atoms. The summed E-state index contributed by atoms with van der Waals surface area (Å²) in [6.07, 6.45) is 0. The van der Waals surface area contributed by atoms with Crippen LogP contribution >= 0.6 is 0 Å². The van der Waals surface area contributed by atoms with Crippen molar-refractivity contribution in [2.45, 2.75) is 0 Å². The van der Waals surface area contributed by atoms with Crippen molar-refractivity contribution in [3.05, 3.63) is 370 Å². The zero-order valence-electron chi connectivity index (χ0n) is 55.0. The molecule has 0 aliphatic heterocycles. The Morgan fingerprint density at radius 1 is 0.119 bits per heavy atom. The number of benzene rings is 16. The molecule has 0 saturated heterocycles. The van der Waals surface area contributed by atoms with Crippen molar-refractivity contribution in [2.75, 3.05) is 0 Å². The summed E-state index contributed by atoms with van der Waals surface area (Å²) < 4.78 is 12.2. The molecular weight excluding hydrogens is 1220 g/mol. The molecule has 21 rings (SSSR count). The number of nitrogens with zero attached hydrogens (tertiary/aromatic N) is 5. The Bertz CT molecular complexity index is 6880. The second-order valence-corrected chi connectivity index (χ2v) is 26.8. The van der Waals surface area contributed by atoms with Gasteiger partial charge in [-0.3, -0.25) is 0 Å². The van der Waals surface area contributed by atoms with Crippen molar-refractivity contribution in [1.82, 2.24) is 22.8 Å². The highest BCUT2D eigenvalue weighted by atomic mass is 15.0. The average molecular weight is 1280 g/mol. The van der Waals surface area contributed by atoms with Gasteiger partial charge < -0.3 is 22.8 Å². The summed E-state index contributed by atoms with van der Waals surface area (Å²) >= 11 is 0. The van der Waals surface area contributed by atoms with E-state index in [-0.39, 0.29) is 0 Å². The number of aromatic nitrogens is 5. The van der Waals surface area contributed by atoms with Crippen molar-refractivity contribution in [3.63, 3.8) is 0 Å². The second kappa shape index (κ2) is 22.5. The molecule has 0 unspecified atom stereocenters. The van der Waals surface area contributed by atoms with Crippen LogP contribution in [0.25, 0.3) is 193 Å². The monoisotopic (exact) mass is 1280 g/mol. The van der Waals surface area contributed by atoms with Crippen LogP contribution in [-0.2, 0) is 0 Å². The van der Waals surface area contributed by atoms with Crippen LogP contribution in [0.3, 0.4) is 0 Å². The molecule has 0 saturated carbocycles. The summed E-state index contributed by atoms with van der Waals surface area (Å²) in [7, 11) is 0. The Morgan fingerprint density at radius 3 is 0.752 bits per heavy atom. The van der Waals surface area contributed by atoms with Gasteiger partial charge in [0.15, 0.2) is 0 Å². The van der Waals surface area contributed by atoms with Gasteiger partial charge >= 0.3 is 0 Å². The van der Waals surface area contributed by atoms with Crippen LogP contribution in [0.5, 0.6) is 0 Å². The van der Waals surface area contributed by atoms with Crippen LogP contribution in [0.2, 0.25) is 0 Å². The van der Waals surface area contributed by atoms with Crippen LogP contribution in [-0.4, -0.2) is 22.8 Å². The molecule has 0 aliphatic rings. The van der Waals surface area contributed by atoms with Crippen LogP contribution < -0.4 is 0 Å². The van der Waals surface area contributed by atoms with Gasteiger partial charge in [-0.15, -0.1) is 0 Å². The van der Waals surface area contributed by atoms with Gasteiger partial charge in [-0.05, 0) is 183 Å². The minimum Gasteiger partial charge on any atom is -0.309 e. The zero-order chi connectivity index (χ0) is 66.2. The average Bonchev–Trinajstić information content (AvgIpc) is 1.56. The third-order valence-corrected chi connectivity index (χ3v) is 21.3. The molecule has 0 fully saturated rings. The van der Waals surface area contributed by atoms with E-state index in [0.717, 1.165) is 28.4 Å². The van der Waals surface area contributed by atoms with Crippen LogP contribution in [0, 0.1) is 0 Å². The lowest BCUT2D eigenvalue weighted by molar-refractivity contribution is 1.16. The van der Waals surface area contributed by atoms with E-state index >= 15 is 0 Å². The fourth-order valence-corrected chi connectivity index (χ4v) is 16.8. The third kappa shape index (κ3) is 8.83. The highest BCUT2D eigenvalue weighted by molar-refractivity contribution is 6.30. The highest BCUT2D eigenvalue weighted by Gasteiger charge is 2.24. The summed E-state index contributed by atoms with van der Waals surface area (Å²) in [5, 5.41) is 12.5. The Balaban J connectivity index is 0.588. The lowest BCUT2D eigenvalue weighted by Gasteiger charge is -2.12. The first-order valence-electron chi connectivity index (χ1n) is 34.8. The number of hydrogen-bond donors (Lipinski definition) is 0. The van der Waals surface area contributed by atoms with E-state index in [1.807, 2.05) is 0 Å². The molecule has 5 heterocycles. The van der Waals surface area contributed by atoms with Crippen molar-refractivity contribution in [3.8, 4) is 84.1 Å². The molecule has 0 atom stereocenters. The quantitative estimate of drug-likeness (QED) is 0.130. The molecule has 470 valence electrons. The Kier molecular flexibility index (Phi) is 12.7. The Morgan fingerprint density at radius 2 is 0.356 bits per heavy atom. The minimum atomic E-state index is 1.12. The summed E-state index contributed by atoms with van der Waals surface area (Å²) in [6, 6.07) is 136. The third-order valence-electron chi connectivity index (χ3n) is 21.3. The molecule has 0 aliphatic carbocycles. The lowest BCUT2D eigenvalue weighted by atomic mass is 9.97. The van der Waals surface area contributed by atoms with Gasteiger partial charge in [0.25, 0.3) is 0 Å².